The molecule has 1 aromatic carbocycles. The maximum absolute atomic E-state index is 13.1. The molecule has 0 spiro atoms. The van der Waals surface area contributed by atoms with Gasteiger partial charge >= 0.3 is 0 Å². The van der Waals surface area contributed by atoms with Gasteiger partial charge in [-0.05, 0) is 12.1 Å². The van der Waals surface area contributed by atoms with Crippen molar-refractivity contribution in [3.63, 3.8) is 0 Å². The van der Waals surface area contributed by atoms with Crippen molar-refractivity contribution in [3.8, 4) is 0 Å². The van der Waals surface area contributed by atoms with E-state index in [9.17, 15) is 17.6 Å². The molecule has 0 saturated heterocycles. The molecule has 0 bridgehead atoms. The van der Waals surface area contributed by atoms with E-state index >= 15 is 0 Å². The van der Waals surface area contributed by atoms with Gasteiger partial charge in [0.1, 0.15) is 5.69 Å². The number of H-pyrrole nitrogens is 1. The molecule has 2 nitrogen and oxygen atoms in total. The van der Waals surface area contributed by atoms with Crippen LogP contribution < -0.4 is 0 Å². The number of fused-ring (bicyclic) bond motifs is 1. The molecule has 2 aromatic rings. The molecule has 6 heteroatoms. The van der Waals surface area contributed by atoms with Crippen molar-refractivity contribution in [3.05, 3.63) is 29.5 Å². The van der Waals surface area contributed by atoms with E-state index in [4.69, 9.17) is 0 Å². The molecular formula is C8H4F4N2. The maximum Gasteiger partial charge on any atom is 0.280 e. The Hall–Kier alpha value is -1.59. The lowest BCUT2D eigenvalue weighted by Gasteiger charge is -1.97. The first kappa shape index (κ1) is 8.98. The number of nitrogens with zero attached hydrogens (tertiary/aromatic N) is 1. The van der Waals surface area contributed by atoms with Crippen LogP contribution in [0.5, 0.6) is 0 Å². The quantitative estimate of drug-likeness (QED) is 0.711. The maximum atomic E-state index is 13.1. The van der Waals surface area contributed by atoms with Crippen molar-refractivity contribution >= 4 is 10.9 Å². The topological polar surface area (TPSA) is 28.7 Å². The summed E-state index contributed by atoms with van der Waals surface area (Å²) >= 11 is 0. The fraction of sp³-hybridized carbons (Fsp3) is 0.125. The van der Waals surface area contributed by atoms with E-state index in [0.29, 0.717) is 0 Å². The highest BCUT2D eigenvalue weighted by molar-refractivity contribution is 5.82. The molecule has 14 heavy (non-hydrogen) atoms. The lowest BCUT2D eigenvalue weighted by molar-refractivity contribution is 0.147. The van der Waals surface area contributed by atoms with E-state index in [2.05, 4.69) is 5.10 Å². The van der Waals surface area contributed by atoms with Gasteiger partial charge < -0.3 is 0 Å². The Morgan fingerprint density at radius 2 is 1.93 bits per heavy atom. The van der Waals surface area contributed by atoms with Gasteiger partial charge in [-0.15, -0.1) is 0 Å². The van der Waals surface area contributed by atoms with Crippen LogP contribution in [0.2, 0.25) is 0 Å². The van der Waals surface area contributed by atoms with E-state index in [-0.39, 0.29) is 5.52 Å². The average Bonchev–Trinajstić information content (AvgIpc) is 2.55. The van der Waals surface area contributed by atoms with Crippen molar-refractivity contribution in [2.45, 2.75) is 6.43 Å². The molecule has 0 amide bonds. The van der Waals surface area contributed by atoms with Gasteiger partial charge in [-0.3, -0.25) is 5.10 Å². The zero-order chi connectivity index (χ0) is 10.3. The first-order valence-corrected chi connectivity index (χ1v) is 3.71. The molecule has 0 aliphatic heterocycles. The summed E-state index contributed by atoms with van der Waals surface area (Å²) in [6.07, 6.45) is -2.91. The monoisotopic (exact) mass is 204 g/mol. The van der Waals surface area contributed by atoms with Crippen LogP contribution in [-0.2, 0) is 0 Å². The zero-order valence-corrected chi connectivity index (χ0v) is 6.69. The third-order valence-electron chi connectivity index (χ3n) is 1.86. The highest BCUT2D eigenvalue weighted by Gasteiger charge is 2.19. The van der Waals surface area contributed by atoms with Crippen molar-refractivity contribution < 1.29 is 17.6 Å². The van der Waals surface area contributed by atoms with Gasteiger partial charge in [-0.25, -0.2) is 17.6 Å². The van der Waals surface area contributed by atoms with E-state index in [1.807, 2.05) is 5.10 Å². The summed E-state index contributed by atoms with van der Waals surface area (Å²) in [5.41, 5.74) is -0.712. The number of benzene rings is 1. The molecule has 0 radical (unpaired) electrons. The summed E-state index contributed by atoms with van der Waals surface area (Å²) in [7, 11) is 0. The van der Waals surface area contributed by atoms with Crippen LogP contribution in [0, 0.1) is 11.6 Å². The van der Waals surface area contributed by atoms with E-state index in [0.717, 1.165) is 12.1 Å². The molecule has 1 N–H and O–H groups in total. The van der Waals surface area contributed by atoms with Crippen LogP contribution in [0.3, 0.4) is 0 Å². The predicted octanol–water partition coefficient (Wildman–Crippen LogP) is 2.78. The number of rotatable bonds is 1. The van der Waals surface area contributed by atoms with Crippen LogP contribution in [-0.4, -0.2) is 10.2 Å². The number of hydrogen-bond donors (Lipinski definition) is 1. The van der Waals surface area contributed by atoms with Gasteiger partial charge in [0, 0.05) is 0 Å². The molecule has 0 aliphatic rings. The average molecular weight is 204 g/mol. The standard InChI is InChI=1S/C8H4F4N2/c9-3-1-2-4-5(6(3)10)7(8(11)12)14-13-4/h1-2,8H,(H,13,14). The molecule has 0 unspecified atom stereocenters. The minimum absolute atomic E-state index is 0.0146. The minimum atomic E-state index is -2.91. The van der Waals surface area contributed by atoms with Crippen LogP contribution in [0.4, 0.5) is 17.6 Å². The molecule has 74 valence electrons. The second-order valence-electron chi connectivity index (χ2n) is 2.69. The summed E-state index contributed by atoms with van der Waals surface area (Å²) in [5.74, 6) is -2.47. The Morgan fingerprint density at radius 1 is 1.21 bits per heavy atom. The van der Waals surface area contributed by atoms with Crippen molar-refractivity contribution in [1.29, 1.82) is 0 Å². The van der Waals surface area contributed by atoms with Gasteiger partial charge in [-0.1, -0.05) is 0 Å². The summed E-state index contributed by atoms with van der Waals surface area (Å²) in [4.78, 5) is 0. The van der Waals surface area contributed by atoms with Crippen LogP contribution in [0.15, 0.2) is 12.1 Å². The van der Waals surface area contributed by atoms with E-state index in [1.165, 1.54) is 0 Å². The second kappa shape index (κ2) is 2.97. The largest absolute Gasteiger partial charge is 0.280 e. The Kier molecular flexibility index (Phi) is 1.90. The second-order valence-corrected chi connectivity index (χ2v) is 2.69. The fourth-order valence-electron chi connectivity index (χ4n) is 1.22. The SMILES string of the molecule is Fc1ccc2n[nH]c(C(F)F)c2c1F. The van der Waals surface area contributed by atoms with Crippen LogP contribution in [0.1, 0.15) is 12.1 Å². The van der Waals surface area contributed by atoms with Gasteiger partial charge in [-0.2, -0.15) is 5.10 Å². The molecule has 1 aromatic heterocycles. The summed E-state index contributed by atoms with van der Waals surface area (Å²) in [6, 6.07) is 1.98. The number of hydrogen-bond acceptors (Lipinski definition) is 1. The predicted molar refractivity (Wildman–Crippen MR) is 41.0 cm³/mol. The minimum Gasteiger partial charge on any atom is -0.275 e. The Balaban J connectivity index is 2.82. The highest BCUT2D eigenvalue weighted by atomic mass is 19.3. The number of alkyl halides is 2. The lowest BCUT2D eigenvalue weighted by Crippen LogP contribution is -1.89. The first-order chi connectivity index (χ1) is 6.61. The van der Waals surface area contributed by atoms with E-state index in [1.54, 1.807) is 0 Å². The number of halogens is 4. The fourth-order valence-corrected chi connectivity index (χ4v) is 1.22. The Bertz CT molecular complexity index is 477. The first-order valence-electron chi connectivity index (χ1n) is 3.71. The Morgan fingerprint density at radius 3 is 2.57 bits per heavy atom. The van der Waals surface area contributed by atoms with Crippen molar-refractivity contribution in [2.24, 2.45) is 0 Å². The van der Waals surface area contributed by atoms with Gasteiger partial charge in [0.25, 0.3) is 6.43 Å². The van der Waals surface area contributed by atoms with Crippen LogP contribution >= 0.6 is 0 Å². The molecule has 0 aliphatic carbocycles. The Labute approximate surface area is 75.5 Å². The van der Waals surface area contributed by atoms with Gasteiger partial charge in [0.05, 0.1) is 10.9 Å². The van der Waals surface area contributed by atoms with Crippen molar-refractivity contribution in [2.75, 3.05) is 0 Å². The molecule has 1 heterocycles. The van der Waals surface area contributed by atoms with E-state index < -0.39 is 29.1 Å². The zero-order valence-electron chi connectivity index (χ0n) is 6.69. The summed E-state index contributed by atoms with van der Waals surface area (Å²) < 4.78 is 50.4. The number of aromatic nitrogens is 2. The molecule has 2 rings (SSSR count). The number of nitrogens with one attached hydrogen (secondary N) is 1. The summed E-state index contributed by atoms with van der Waals surface area (Å²) in [5, 5.41) is 4.92. The van der Waals surface area contributed by atoms with Gasteiger partial charge in [0.2, 0.25) is 0 Å². The normalized spacial score (nSPS) is 11.5. The highest BCUT2D eigenvalue weighted by Crippen LogP contribution is 2.28. The molecule has 0 saturated carbocycles. The number of aromatic amines is 1. The third kappa shape index (κ3) is 1.14. The lowest BCUT2D eigenvalue weighted by atomic mass is 10.2. The van der Waals surface area contributed by atoms with Gasteiger partial charge in [0.15, 0.2) is 11.6 Å². The third-order valence-corrected chi connectivity index (χ3v) is 1.86. The van der Waals surface area contributed by atoms with Crippen LogP contribution in [0.25, 0.3) is 10.9 Å². The smallest absolute Gasteiger partial charge is 0.275 e. The molecular weight excluding hydrogens is 200 g/mol. The van der Waals surface area contributed by atoms with Crippen molar-refractivity contribution in [1.82, 2.24) is 10.2 Å². The molecule has 0 fully saturated rings. The summed E-state index contributed by atoms with van der Waals surface area (Å²) in [6.45, 7) is 0. The molecule has 0 atom stereocenters.